The lowest BCUT2D eigenvalue weighted by Crippen LogP contribution is -2.47. The Hall–Kier alpha value is -2.69. The molecule has 4 rings (SSSR count). The highest BCUT2D eigenvalue weighted by Gasteiger charge is 2.55. The zero-order valence-electron chi connectivity index (χ0n) is 23.0. The van der Waals surface area contributed by atoms with Gasteiger partial charge in [-0.25, -0.2) is 9.78 Å². The number of pyridine rings is 1. The highest BCUT2D eigenvalue weighted by atomic mass is 35.5. The number of aryl methyl sites for hydroxylation is 3. The summed E-state index contributed by atoms with van der Waals surface area (Å²) in [6.45, 7) is 6.25. The maximum absolute atomic E-state index is 13.2. The molecule has 1 aliphatic carbocycles. The zero-order chi connectivity index (χ0) is 27.8. The Kier molecular flexibility index (Phi) is 10.2. The molecular weight excluding hydrogens is 520 g/mol. The highest BCUT2D eigenvalue weighted by molar-refractivity contribution is 6.31. The Morgan fingerprint density at radius 1 is 1.28 bits per heavy atom. The Morgan fingerprint density at radius 3 is 2.79 bits per heavy atom. The molecule has 10 nitrogen and oxygen atoms in total. The van der Waals surface area contributed by atoms with E-state index in [9.17, 15) is 14.7 Å². The number of carboxylic acid groups (broad SMARTS) is 1. The number of amides is 1. The second-order valence-electron chi connectivity index (χ2n) is 10.5. The summed E-state index contributed by atoms with van der Waals surface area (Å²) in [6.07, 6.45) is 8.17. The van der Waals surface area contributed by atoms with E-state index in [4.69, 9.17) is 21.3 Å². The number of carboxylic acids is 1. The van der Waals surface area contributed by atoms with Crippen LogP contribution in [0.1, 0.15) is 62.4 Å². The van der Waals surface area contributed by atoms with Gasteiger partial charge in [0.15, 0.2) is 0 Å². The van der Waals surface area contributed by atoms with Crippen molar-refractivity contribution < 1.29 is 19.4 Å². The molecule has 0 saturated heterocycles. The minimum atomic E-state index is -1.04. The smallest absolute Gasteiger partial charge is 0.326 e. The summed E-state index contributed by atoms with van der Waals surface area (Å²) >= 11 is 6.30. The van der Waals surface area contributed by atoms with Crippen molar-refractivity contribution in [2.24, 2.45) is 7.05 Å². The number of nitrogens with zero attached hydrogens (tertiary/aromatic N) is 4. The average molecular weight is 561 g/mol. The van der Waals surface area contributed by atoms with Crippen molar-refractivity contribution in [1.82, 2.24) is 25.0 Å². The summed E-state index contributed by atoms with van der Waals surface area (Å²) in [6, 6.07) is 3.33. The van der Waals surface area contributed by atoms with Crippen LogP contribution in [0, 0.1) is 0 Å². The van der Waals surface area contributed by atoms with Crippen LogP contribution in [0.2, 0.25) is 5.02 Å². The first-order valence-corrected chi connectivity index (χ1v) is 14.5. The number of hydrogen-bond acceptors (Lipinski definition) is 7. The van der Waals surface area contributed by atoms with Crippen molar-refractivity contribution in [2.45, 2.75) is 69.7 Å². The van der Waals surface area contributed by atoms with Crippen molar-refractivity contribution in [3.63, 3.8) is 0 Å². The standard InChI is InChI=1S/C28H41ClN6O4/c1-3-39-18-17-35(15-5-4-8-21-10-9-20-7-6-14-30-25(20)32-21)16-11-23(26(36)37)33-27(38)28(12-13-28)24-22(29)19-31-34(24)2/h9-10,19,23H,3-8,11-18H2,1-2H3,(H,30,32)(H,33,38)(H,36,37). The highest BCUT2D eigenvalue weighted by Crippen LogP contribution is 2.50. The first kappa shape index (κ1) is 29.3. The molecule has 2 aromatic heterocycles. The van der Waals surface area contributed by atoms with Gasteiger partial charge in [-0.1, -0.05) is 17.7 Å². The zero-order valence-corrected chi connectivity index (χ0v) is 23.8. The summed E-state index contributed by atoms with van der Waals surface area (Å²) in [5.74, 6) is -0.307. The van der Waals surface area contributed by atoms with E-state index in [-0.39, 0.29) is 5.91 Å². The topological polar surface area (TPSA) is 122 Å². The van der Waals surface area contributed by atoms with E-state index in [1.165, 1.54) is 11.8 Å². The van der Waals surface area contributed by atoms with E-state index in [1.54, 1.807) is 11.7 Å². The number of rotatable bonds is 16. The van der Waals surface area contributed by atoms with Crippen LogP contribution in [-0.4, -0.2) is 82.1 Å². The van der Waals surface area contributed by atoms with Gasteiger partial charge in [-0.05, 0) is 76.5 Å². The number of halogens is 1. The minimum absolute atomic E-state index is 0.298. The Balaban J connectivity index is 1.29. The van der Waals surface area contributed by atoms with Gasteiger partial charge in [-0.2, -0.15) is 5.10 Å². The molecule has 1 fully saturated rings. The Morgan fingerprint density at radius 2 is 2.10 bits per heavy atom. The Labute approximate surface area is 235 Å². The number of carbonyl (C=O) groups excluding carboxylic acids is 1. The van der Waals surface area contributed by atoms with Gasteiger partial charge in [0.2, 0.25) is 5.91 Å². The molecule has 214 valence electrons. The van der Waals surface area contributed by atoms with E-state index >= 15 is 0 Å². The molecule has 2 aromatic rings. The van der Waals surface area contributed by atoms with Crippen LogP contribution in [0.5, 0.6) is 0 Å². The van der Waals surface area contributed by atoms with Crippen molar-refractivity contribution >= 4 is 29.3 Å². The lowest BCUT2D eigenvalue weighted by molar-refractivity contribution is -0.142. The Bertz CT molecular complexity index is 1120. The summed E-state index contributed by atoms with van der Waals surface area (Å²) < 4.78 is 7.17. The predicted molar refractivity (Wildman–Crippen MR) is 150 cm³/mol. The number of aromatic nitrogens is 3. The summed E-state index contributed by atoms with van der Waals surface area (Å²) in [5, 5.41) is 20.7. The fourth-order valence-electron chi connectivity index (χ4n) is 5.33. The summed E-state index contributed by atoms with van der Waals surface area (Å²) in [5.41, 5.74) is 2.24. The van der Waals surface area contributed by atoms with Crippen LogP contribution < -0.4 is 10.6 Å². The molecule has 0 bridgehead atoms. The van der Waals surface area contributed by atoms with Crippen molar-refractivity contribution in [1.29, 1.82) is 0 Å². The fourth-order valence-corrected chi connectivity index (χ4v) is 5.68. The first-order valence-electron chi connectivity index (χ1n) is 14.1. The maximum Gasteiger partial charge on any atom is 0.326 e. The van der Waals surface area contributed by atoms with Crippen molar-refractivity contribution in [3.05, 3.63) is 40.3 Å². The number of anilines is 1. The third-order valence-corrected chi connectivity index (χ3v) is 8.01. The van der Waals surface area contributed by atoms with Gasteiger partial charge in [0.05, 0.1) is 28.9 Å². The number of fused-ring (bicyclic) bond motifs is 1. The van der Waals surface area contributed by atoms with Gasteiger partial charge in [-0.15, -0.1) is 0 Å². The SMILES string of the molecule is CCOCCN(CCCCc1ccc2c(n1)NCCC2)CCC(NC(=O)C1(c2c(Cl)cnn2C)CC1)C(=O)O. The van der Waals surface area contributed by atoms with E-state index in [0.717, 1.165) is 56.7 Å². The van der Waals surface area contributed by atoms with Crippen LogP contribution in [0.25, 0.3) is 0 Å². The van der Waals surface area contributed by atoms with Gasteiger partial charge in [0.25, 0.3) is 0 Å². The molecule has 1 unspecified atom stereocenters. The molecule has 1 atom stereocenters. The molecule has 3 N–H and O–H groups in total. The first-order chi connectivity index (χ1) is 18.8. The van der Waals surface area contributed by atoms with E-state index < -0.39 is 17.4 Å². The maximum atomic E-state index is 13.2. The molecule has 2 aliphatic rings. The number of ether oxygens (including phenoxy) is 1. The van der Waals surface area contributed by atoms with Gasteiger partial charge in [0.1, 0.15) is 11.9 Å². The second-order valence-corrected chi connectivity index (χ2v) is 10.9. The fraction of sp³-hybridized carbons (Fsp3) is 0.643. The third kappa shape index (κ3) is 7.49. The molecule has 0 radical (unpaired) electrons. The monoisotopic (exact) mass is 560 g/mol. The predicted octanol–water partition coefficient (Wildman–Crippen LogP) is 3.18. The molecular formula is C28H41ClN6O4. The molecule has 3 heterocycles. The molecule has 1 aliphatic heterocycles. The molecule has 0 spiro atoms. The number of hydrogen-bond donors (Lipinski definition) is 3. The van der Waals surface area contributed by atoms with Crippen molar-refractivity contribution in [2.75, 3.05) is 44.7 Å². The van der Waals surface area contributed by atoms with Crippen LogP contribution >= 0.6 is 11.6 Å². The third-order valence-electron chi connectivity index (χ3n) is 7.73. The van der Waals surface area contributed by atoms with Crippen molar-refractivity contribution in [3.8, 4) is 0 Å². The average Bonchev–Trinajstić information content (AvgIpc) is 3.65. The quantitative estimate of drug-likeness (QED) is 0.268. The number of unbranched alkanes of at least 4 members (excludes halogenated alkanes) is 1. The van der Waals surface area contributed by atoms with Gasteiger partial charge in [0, 0.05) is 39.0 Å². The van der Waals surface area contributed by atoms with Crippen LogP contribution in [-0.2, 0) is 39.6 Å². The molecule has 1 saturated carbocycles. The molecule has 11 heteroatoms. The normalized spacial score (nSPS) is 16.4. The summed E-state index contributed by atoms with van der Waals surface area (Å²) in [4.78, 5) is 32.3. The van der Waals surface area contributed by atoms with Crippen LogP contribution in [0.15, 0.2) is 18.3 Å². The number of aliphatic carboxylic acids is 1. The van der Waals surface area contributed by atoms with E-state index in [0.29, 0.717) is 56.3 Å². The second kappa shape index (κ2) is 13.6. The lowest BCUT2D eigenvalue weighted by Gasteiger charge is -2.25. The largest absolute Gasteiger partial charge is 0.480 e. The molecule has 39 heavy (non-hydrogen) atoms. The molecule has 0 aromatic carbocycles. The summed E-state index contributed by atoms with van der Waals surface area (Å²) in [7, 11) is 1.75. The van der Waals surface area contributed by atoms with Crippen LogP contribution in [0.3, 0.4) is 0 Å². The van der Waals surface area contributed by atoms with E-state index in [2.05, 4.69) is 32.8 Å². The number of nitrogens with one attached hydrogen (secondary N) is 2. The van der Waals surface area contributed by atoms with Gasteiger partial charge < -0.3 is 25.4 Å². The van der Waals surface area contributed by atoms with Gasteiger partial charge in [-0.3, -0.25) is 9.48 Å². The van der Waals surface area contributed by atoms with Crippen LogP contribution in [0.4, 0.5) is 5.82 Å². The number of carbonyl (C=O) groups is 2. The molecule has 1 amide bonds. The lowest BCUT2D eigenvalue weighted by atomic mass is 10.00. The van der Waals surface area contributed by atoms with Gasteiger partial charge >= 0.3 is 5.97 Å². The van der Waals surface area contributed by atoms with E-state index in [1.807, 2.05) is 6.92 Å². The minimum Gasteiger partial charge on any atom is -0.480 e.